The maximum Gasteiger partial charge on any atom is 0.338 e. The van der Waals surface area contributed by atoms with E-state index in [1.807, 2.05) is 0 Å². The normalized spacial score (nSPS) is 16.0. The number of hydrogen-bond acceptors (Lipinski definition) is 7. The molecular weight excluding hydrogens is 337 g/mol. The summed E-state index contributed by atoms with van der Waals surface area (Å²) in [6.45, 7) is 1.96. The molecule has 1 aromatic heterocycles. The van der Waals surface area contributed by atoms with Crippen LogP contribution >= 0.6 is 11.6 Å². The number of ether oxygens (including phenoxy) is 1. The Labute approximate surface area is 142 Å². The second kappa shape index (κ2) is 6.58. The molecule has 1 unspecified atom stereocenters. The first kappa shape index (κ1) is 16.4. The fraction of sp³-hybridized carbons (Fsp3) is 0.267. The van der Waals surface area contributed by atoms with Crippen molar-refractivity contribution in [1.82, 2.24) is 15.4 Å². The molecule has 24 heavy (non-hydrogen) atoms. The fourth-order valence-electron chi connectivity index (χ4n) is 2.40. The van der Waals surface area contributed by atoms with Crippen LogP contribution in [0.5, 0.6) is 0 Å². The van der Waals surface area contributed by atoms with Crippen molar-refractivity contribution in [3.8, 4) is 0 Å². The van der Waals surface area contributed by atoms with E-state index in [1.165, 1.54) is 18.2 Å². The molecular formula is C15H15ClFN5O2. The molecule has 7 nitrogen and oxygen atoms in total. The van der Waals surface area contributed by atoms with Gasteiger partial charge in [0.25, 0.3) is 0 Å². The molecule has 0 fully saturated rings. The van der Waals surface area contributed by atoms with Crippen LogP contribution in [-0.2, 0) is 4.74 Å². The van der Waals surface area contributed by atoms with Gasteiger partial charge in [0.15, 0.2) is 5.82 Å². The summed E-state index contributed by atoms with van der Waals surface area (Å²) in [4.78, 5) is 19.9. The summed E-state index contributed by atoms with van der Waals surface area (Å²) in [5, 5.41) is 4.78. The number of anilines is 2. The minimum absolute atomic E-state index is 0.124. The first-order chi connectivity index (χ1) is 11.5. The van der Waals surface area contributed by atoms with E-state index < -0.39 is 18.0 Å². The largest absolute Gasteiger partial charge is 0.462 e. The van der Waals surface area contributed by atoms with Crippen LogP contribution in [0.4, 0.5) is 15.9 Å². The number of fused-ring (bicyclic) bond motifs is 1. The molecule has 126 valence electrons. The Morgan fingerprint density at radius 1 is 1.54 bits per heavy atom. The van der Waals surface area contributed by atoms with Gasteiger partial charge >= 0.3 is 5.97 Å². The average molecular weight is 352 g/mol. The molecule has 0 radical (unpaired) electrons. The lowest BCUT2D eigenvalue weighted by Crippen LogP contribution is -2.34. The second-order valence-corrected chi connectivity index (χ2v) is 5.44. The Hall–Kier alpha value is -2.45. The minimum Gasteiger partial charge on any atom is -0.462 e. The summed E-state index contributed by atoms with van der Waals surface area (Å²) in [6.07, 6.45) is 1.10. The summed E-state index contributed by atoms with van der Waals surface area (Å²) in [7, 11) is 1.76. The van der Waals surface area contributed by atoms with E-state index in [9.17, 15) is 9.18 Å². The monoisotopic (exact) mass is 351 g/mol. The van der Waals surface area contributed by atoms with Crippen LogP contribution in [0.2, 0.25) is 5.28 Å². The molecule has 1 aliphatic rings. The lowest BCUT2D eigenvalue weighted by atomic mass is 10.1. The Morgan fingerprint density at radius 3 is 3.08 bits per heavy atom. The molecule has 0 saturated carbocycles. The van der Waals surface area contributed by atoms with Gasteiger partial charge in [-0.1, -0.05) is 0 Å². The molecule has 2 heterocycles. The molecule has 0 saturated heterocycles. The van der Waals surface area contributed by atoms with E-state index in [4.69, 9.17) is 16.3 Å². The summed E-state index contributed by atoms with van der Waals surface area (Å²) >= 11 is 5.80. The number of esters is 1. The SMILES string of the molecule is CCOC(=O)c1ccc(F)c(NC2NN(C)c3nc(Cl)ncc32)c1. The maximum absolute atomic E-state index is 14.1. The molecule has 0 bridgehead atoms. The van der Waals surface area contributed by atoms with Gasteiger partial charge in [0.1, 0.15) is 12.0 Å². The Balaban J connectivity index is 1.87. The molecule has 2 aromatic rings. The standard InChI is InChI=1S/C15H15ClFN5O2/c1-3-24-14(23)8-4-5-10(17)11(6-8)19-12-9-7-18-15(16)20-13(9)22(2)21-12/h4-7,12,19,21H,3H2,1-2H3. The summed E-state index contributed by atoms with van der Waals surface area (Å²) in [5.41, 5.74) is 4.21. The van der Waals surface area contributed by atoms with Gasteiger partial charge in [-0.15, -0.1) is 0 Å². The molecule has 2 N–H and O–H groups in total. The van der Waals surface area contributed by atoms with Gasteiger partial charge in [0.05, 0.1) is 23.4 Å². The quantitative estimate of drug-likeness (QED) is 0.647. The van der Waals surface area contributed by atoms with Crippen LogP contribution in [0.25, 0.3) is 0 Å². The minimum atomic E-state index is -0.507. The number of hydrazine groups is 1. The number of carbonyl (C=O) groups is 1. The molecule has 0 amide bonds. The number of nitrogens with one attached hydrogen (secondary N) is 2. The van der Waals surface area contributed by atoms with Gasteiger partial charge in [0, 0.05) is 13.2 Å². The van der Waals surface area contributed by atoms with Gasteiger partial charge in [-0.25, -0.2) is 19.6 Å². The van der Waals surface area contributed by atoms with Crippen LogP contribution < -0.4 is 15.8 Å². The highest BCUT2D eigenvalue weighted by Crippen LogP contribution is 2.31. The third-order valence-electron chi connectivity index (χ3n) is 3.50. The van der Waals surface area contributed by atoms with E-state index in [0.717, 1.165) is 0 Å². The lowest BCUT2D eigenvalue weighted by Gasteiger charge is -2.18. The molecule has 1 aromatic carbocycles. The maximum atomic E-state index is 14.1. The van der Waals surface area contributed by atoms with Crippen molar-refractivity contribution in [3.63, 3.8) is 0 Å². The van der Waals surface area contributed by atoms with Crippen molar-refractivity contribution in [2.24, 2.45) is 0 Å². The smallest absolute Gasteiger partial charge is 0.338 e. The predicted molar refractivity (Wildman–Crippen MR) is 87.3 cm³/mol. The van der Waals surface area contributed by atoms with E-state index in [-0.39, 0.29) is 23.1 Å². The zero-order valence-corrected chi connectivity index (χ0v) is 13.8. The third kappa shape index (κ3) is 3.10. The van der Waals surface area contributed by atoms with Crippen LogP contribution in [-0.4, -0.2) is 29.6 Å². The van der Waals surface area contributed by atoms with Crippen molar-refractivity contribution >= 4 is 29.1 Å². The van der Waals surface area contributed by atoms with Gasteiger partial charge < -0.3 is 10.1 Å². The highest BCUT2D eigenvalue weighted by molar-refractivity contribution is 6.28. The van der Waals surface area contributed by atoms with Crippen molar-refractivity contribution in [2.75, 3.05) is 24.0 Å². The van der Waals surface area contributed by atoms with Crippen molar-refractivity contribution in [1.29, 1.82) is 0 Å². The van der Waals surface area contributed by atoms with Crippen molar-refractivity contribution < 1.29 is 13.9 Å². The number of benzene rings is 1. The first-order valence-electron chi connectivity index (χ1n) is 7.25. The van der Waals surface area contributed by atoms with Crippen molar-refractivity contribution in [2.45, 2.75) is 13.1 Å². The zero-order valence-electron chi connectivity index (χ0n) is 13.0. The highest BCUT2D eigenvalue weighted by Gasteiger charge is 2.29. The van der Waals surface area contributed by atoms with Crippen molar-refractivity contribution in [3.05, 3.63) is 46.6 Å². The Kier molecular flexibility index (Phi) is 4.50. The van der Waals surface area contributed by atoms with Crippen LogP contribution in [0, 0.1) is 5.82 Å². The molecule has 3 rings (SSSR count). The van der Waals surface area contributed by atoms with Gasteiger partial charge in [-0.2, -0.15) is 4.98 Å². The second-order valence-electron chi connectivity index (χ2n) is 5.10. The lowest BCUT2D eigenvalue weighted by molar-refractivity contribution is 0.0526. The summed E-state index contributed by atoms with van der Waals surface area (Å²) < 4.78 is 19.0. The highest BCUT2D eigenvalue weighted by atomic mass is 35.5. The topological polar surface area (TPSA) is 79.4 Å². The summed E-state index contributed by atoms with van der Waals surface area (Å²) in [5.74, 6) is -0.405. The van der Waals surface area contributed by atoms with Crippen LogP contribution in [0.15, 0.2) is 24.4 Å². The van der Waals surface area contributed by atoms with E-state index >= 15 is 0 Å². The molecule has 1 atom stereocenters. The number of hydrogen-bond donors (Lipinski definition) is 2. The molecule has 0 spiro atoms. The number of nitrogens with zero attached hydrogens (tertiary/aromatic N) is 3. The van der Waals surface area contributed by atoms with Gasteiger partial charge in [-0.05, 0) is 36.7 Å². The van der Waals surface area contributed by atoms with E-state index in [1.54, 1.807) is 25.2 Å². The number of halogens is 2. The van der Waals surface area contributed by atoms with E-state index in [2.05, 4.69) is 20.7 Å². The number of rotatable bonds is 4. The number of carbonyl (C=O) groups excluding carboxylic acids is 1. The molecule has 9 heteroatoms. The van der Waals surface area contributed by atoms with Crippen LogP contribution in [0.3, 0.4) is 0 Å². The Bertz CT molecular complexity index is 788. The summed E-state index contributed by atoms with van der Waals surface area (Å²) in [6, 6.07) is 4.00. The third-order valence-corrected chi connectivity index (χ3v) is 3.68. The molecule has 1 aliphatic heterocycles. The van der Waals surface area contributed by atoms with Gasteiger partial charge in [0.2, 0.25) is 5.28 Å². The zero-order chi connectivity index (χ0) is 17.3. The average Bonchev–Trinajstić information content (AvgIpc) is 2.85. The predicted octanol–water partition coefficient (Wildman–Crippen LogP) is 2.51. The molecule has 0 aliphatic carbocycles. The first-order valence-corrected chi connectivity index (χ1v) is 7.63. The van der Waals surface area contributed by atoms with E-state index in [0.29, 0.717) is 11.4 Å². The van der Waals surface area contributed by atoms with Gasteiger partial charge in [-0.3, -0.25) is 5.01 Å². The number of aromatic nitrogens is 2. The Morgan fingerprint density at radius 2 is 2.33 bits per heavy atom. The van der Waals surface area contributed by atoms with Crippen LogP contribution in [0.1, 0.15) is 29.0 Å². The fourth-order valence-corrected chi connectivity index (χ4v) is 2.53.